The Kier molecular flexibility index (Phi) is 4.85. The summed E-state index contributed by atoms with van der Waals surface area (Å²) in [5.41, 5.74) is 0. The molecule has 3 heteroatoms. The fraction of sp³-hybridized carbons (Fsp3) is 1.00. The molecular formula is C11H24N2O. The van der Waals surface area contributed by atoms with E-state index in [9.17, 15) is 0 Å². The van der Waals surface area contributed by atoms with E-state index in [0.29, 0.717) is 6.04 Å². The first-order chi connectivity index (χ1) is 6.63. The van der Waals surface area contributed by atoms with E-state index in [1.54, 1.807) is 0 Å². The molecule has 3 nitrogen and oxygen atoms in total. The SMILES string of the molecule is CC(CO)NC(C)C1CCN(C)CC1. The van der Waals surface area contributed by atoms with Gasteiger partial charge in [0.05, 0.1) is 6.61 Å². The standard InChI is InChI=1S/C11H24N2O/c1-9(8-14)12-10(2)11-4-6-13(3)7-5-11/h9-12,14H,4-8H2,1-3H3. The highest BCUT2D eigenvalue weighted by molar-refractivity contribution is 4.79. The summed E-state index contributed by atoms with van der Waals surface area (Å²) < 4.78 is 0. The second-order valence-electron chi connectivity index (χ2n) is 4.68. The summed E-state index contributed by atoms with van der Waals surface area (Å²) in [7, 11) is 2.19. The monoisotopic (exact) mass is 200 g/mol. The first kappa shape index (κ1) is 12.0. The minimum Gasteiger partial charge on any atom is -0.395 e. The van der Waals surface area contributed by atoms with Gasteiger partial charge < -0.3 is 15.3 Å². The minimum absolute atomic E-state index is 0.227. The van der Waals surface area contributed by atoms with Crippen molar-refractivity contribution >= 4 is 0 Å². The Morgan fingerprint density at radius 1 is 1.36 bits per heavy atom. The normalized spacial score (nSPS) is 24.9. The van der Waals surface area contributed by atoms with Crippen LogP contribution in [0, 0.1) is 5.92 Å². The molecule has 1 aliphatic heterocycles. The maximum atomic E-state index is 8.95. The smallest absolute Gasteiger partial charge is 0.0582 e. The molecule has 14 heavy (non-hydrogen) atoms. The molecule has 1 rings (SSSR count). The highest BCUT2D eigenvalue weighted by atomic mass is 16.3. The number of aliphatic hydroxyl groups is 1. The second kappa shape index (κ2) is 5.69. The zero-order valence-corrected chi connectivity index (χ0v) is 9.66. The Labute approximate surface area is 87.5 Å². The predicted molar refractivity (Wildman–Crippen MR) is 59.4 cm³/mol. The lowest BCUT2D eigenvalue weighted by Gasteiger charge is -2.34. The average molecular weight is 200 g/mol. The molecule has 0 amide bonds. The van der Waals surface area contributed by atoms with Gasteiger partial charge in [-0.25, -0.2) is 0 Å². The van der Waals surface area contributed by atoms with Gasteiger partial charge in [-0.05, 0) is 52.7 Å². The molecule has 1 heterocycles. The Morgan fingerprint density at radius 2 is 1.93 bits per heavy atom. The predicted octanol–water partition coefficient (Wildman–Crippen LogP) is 0.687. The van der Waals surface area contributed by atoms with Gasteiger partial charge in [-0.1, -0.05) is 0 Å². The van der Waals surface area contributed by atoms with Crippen LogP contribution in [0.5, 0.6) is 0 Å². The molecular weight excluding hydrogens is 176 g/mol. The van der Waals surface area contributed by atoms with Crippen LogP contribution in [0.3, 0.4) is 0 Å². The lowest BCUT2D eigenvalue weighted by atomic mass is 9.90. The van der Waals surface area contributed by atoms with Crippen LogP contribution in [-0.2, 0) is 0 Å². The number of hydrogen-bond donors (Lipinski definition) is 2. The summed E-state index contributed by atoms with van der Waals surface area (Å²) in [6.07, 6.45) is 2.56. The van der Waals surface area contributed by atoms with Crippen molar-refractivity contribution in [1.29, 1.82) is 0 Å². The Hall–Kier alpha value is -0.120. The van der Waals surface area contributed by atoms with E-state index in [0.717, 1.165) is 5.92 Å². The third kappa shape index (κ3) is 3.56. The van der Waals surface area contributed by atoms with Crippen molar-refractivity contribution in [1.82, 2.24) is 10.2 Å². The van der Waals surface area contributed by atoms with Crippen LogP contribution in [0.15, 0.2) is 0 Å². The molecule has 0 saturated carbocycles. The van der Waals surface area contributed by atoms with Crippen LogP contribution in [0.1, 0.15) is 26.7 Å². The van der Waals surface area contributed by atoms with Gasteiger partial charge in [0, 0.05) is 12.1 Å². The molecule has 2 N–H and O–H groups in total. The molecule has 0 radical (unpaired) electrons. The third-order valence-corrected chi connectivity index (χ3v) is 3.29. The summed E-state index contributed by atoms with van der Waals surface area (Å²) in [5.74, 6) is 0.778. The molecule has 0 aliphatic carbocycles. The van der Waals surface area contributed by atoms with Crippen molar-refractivity contribution in [3.8, 4) is 0 Å². The lowest BCUT2D eigenvalue weighted by Crippen LogP contribution is -2.44. The lowest BCUT2D eigenvalue weighted by molar-refractivity contribution is 0.171. The molecule has 0 aromatic carbocycles. The van der Waals surface area contributed by atoms with Crippen molar-refractivity contribution in [2.75, 3.05) is 26.7 Å². The molecule has 0 aromatic heterocycles. The third-order valence-electron chi connectivity index (χ3n) is 3.29. The molecule has 0 bridgehead atoms. The summed E-state index contributed by atoms with van der Waals surface area (Å²) in [6, 6.07) is 0.760. The Morgan fingerprint density at radius 3 is 2.43 bits per heavy atom. The first-order valence-electron chi connectivity index (χ1n) is 5.69. The van der Waals surface area contributed by atoms with Crippen LogP contribution in [-0.4, -0.2) is 48.8 Å². The summed E-state index contributed by atoms with van der Waals surface area (Å²) in [5, 5.41) is 12.4. The molecule has 84 valence electrons. The van der Waals surface area contributed by atoms with Gasteiger partial charge >= 0.3 is 0 Å². The Balaban J connectivity index is 2.26. The largest absolute Gasteiger partial charge is 0.395 e. The van der Waals surface area contributed by atoms with Gasteiger partial charge in [0.1, 0.15) is 0 Å². The van der Waals surface area contributed by atoms with E-state index in [-0.39, 0.29) is 12.6 Å². The maximum absolute atomic E-state index is 8.95. The van der Waals surface area contributed by atoms with Crippen molar-refractivity contribution in [2.24, 2.45) is 5.92 Å². The number of nitrogens with one attached hydrogen (secondary N) is 1. The van der Waals surface area contributed by atoms with E-state index < -0.39 is 0 Å². The molecule has 0 spiro atoms. The van der Waals surface area contributed by atoms with E-state index >= 15 is 0 Å². The van der Waals surface area contributed by atoms with E-state index in [1.807, 2.05) is 6.92 Å². The van der Waals surface area contributed by atoms with E-state index in [2.05, 4.69) is 24.2 Å². The number of piperidine rings is 1. The fourth-order valence-electron chi connectivity index (χ4n) is 2.17. The molecule has 0 aromatic rings. The summed E-state index contributed by atoms with van der Waals surface area (Å²) >= 11 is 0. The quantitative estimate of drug-likeness (QED) is 0.701. The molecule has 2 atom stereocenters. The highest BCUT2D eigenvalue weighted by Crippen LogP contribution is 2.19. The molecule has 1 aliphatic rings. The van der Waals surface area contributed by atoms with Gasteiger partial charge in [0.15, 0.2) is 0 Å². The van der Waals surface area contributed by atoms with Gasteiger partial charge in [-0.15, -0.1) is 0 Å². The van der Waals surface area contributed by atoms with Crippen LogP contribution >= 0.6 is 0 Å². The molecule has 1 saturated heterocycles. The van der Waals surface area contributed by atoms with Crippen molar-refractivity contribution in [3.63, 3.8) is 0 Å². The van der Waals surface area contributed by atoms with Crippen LogP contribution in [0.2, 0.25) is 0 Å². The Bertz CT molecular complexity index is 155. The van der Waals surface area contributed by atoms with Gasteiger partial charge in [-0.3, -0.25) is 0 Å². The first-order valence-corrected chi connectivity index (χ1v) is 5.69. The minimum atomic E-state index is 0.227. The average Bonchev–Trinajstić information content (AvgIpc) is 2.18. The maximum Gasteiger partial charge on any atom is 0.0582 e. The van der Waals surface area contributed by atoms with Crippen molar-refractivity contribution in [2.45, 2.75) is 38.8 Å². The van der Waals surface area contributed by atoms with Crippen molar-refractivity contribution < 1.29 is 5.11 Å². The highest BCUT2D eigenvalue weighted by Gasteiger charge is 2.22. The van der Waals surface area contributed by atoms with E-state index in [1.165, 1.54) is 25.9 Å². The number of nitrogens with zero attached hydrogens (tertiary/aromatic N) is 1. The number of rotatable bonds is 4. The van der Waals surface area contributed by atoms with Crippen LogP contribution in [0.25, 0.3) is 0 Å². The topological polar surface area (TPSA) is 35.5 Å². The summed E-state index contributed by atoms with van der Waals surface area (Å²) in [4.78, 5) is 2.39. The van der Waals surface area contributed by atoms with E-state index in [4.69, 9.17) is 5.11 Å². The zero-order valence-electron chi connectivity index (χ0n) is 9.66. The second-order valence-corrected chi connectivity index (χ2v) is 4.68. The van der Waals surface area contributed by atoms with Gasteiger partial charge in [0.25, 0.3) is 0 Å². The molecule has 1 fully saturated rings. The van der Waals surface area contributed by atoms with Crippen LogP contribution < -0.4 is 5.32 Å². The van der Waals surface area contributed by atoms with Crippen LogP contribution in [0.4, 0.5) is 0 Å². The number of likely N-dealkylation sites (tertiary alicyclic amines) is 1. The zero-order chi connectivity index (χ0) is 10.6. The number of hydrogen-bond acceptors (Lipinski definition) is 3. The van der Waals surface area contributed by atoms with Gasteiger partial charge in [-0.2, -0.15) is 0 Å². The number of aliphatic hydroxyl groups excluding tert-OH is 1. The summed E-state index contributed by atoms with van der Waals surface area (Å²) in [6.45, 7) is 6.93. The van der Waals surface area contributed by atoms with Gasteiger partial charge in [0.2, 0.25) is 0 Å². The van der Waals surface area contributed by atoms with Crippen molar-refractivity contribution in [3.05, 3.63) is 0 Å². The fourth-order valence-corrected chi connectivity index (χ4v) is 2.17. The molecule has 2 unspecified atom stereocenters.